The molecule has 5 heteroatoms. The molecule has 3 N–H and O–H groups in total. The van der Waals surface area contributed by atoms with Crippen molar-refractivity contribution >= 4 is 22.6 Å². The number of fused-ring (bicyclic) bond motifs is 1. The zero-order valence-corrected chi connectivity index (χ0v) is 15.6. The zero-order valence-electron chi connectivity index (χ0n) is 15.6. The molecule has 1 heterocycles. The van der Waals surface area contributed by atoms with Crippen LogP contribution in [-0.4, -0.2) is 42.4 Å². The molecule has 2 fully saturated rings. The van der Waals surface area contributed by atoms with E-state index < -0.39 is 0 Å². The number of carbonyl (C=O) groups excluding carboxylic acids is 2. The van der Waals surface area contributed by atoms with Gasteiger partial charge < -0.3 is 16.0 Å². The van der Waals surface area contributed by atoms with Crippen LogP contribution in [-0.2, 0) is 4.79 Å². The number of nitrogens with two attached hydrogens (primary N) is 1. The molecule has 1 atom stereocenters. The van der Waals surface area contributed by atoms with Gasteiger partial charge in [0.05, 0.1) is 0 Å². The highest BCUT2D eigenvalue weighted by molar-refractivity contribution is 6.07. The van der Waals surface area contributed by atoms with Crippen LogP contribution < -0.4 is 11.1 Å². The van der Waals surface area contributed by atoms with Crippen LogP contribution >= 0.6 is 0 Å². The Kier molecular flexibility index (Phi) is 5.12. The second-order valence-corrected chi connectivity index (χ2v) is 7.84. The van der Waals surface area contributed by atoms with Gasteiger partial charge in [0.1, 0.15) is 0 Å². The number of nitrogens with one attached hydrogen (secondary N) is 1. The average Bonchev–Trinajstić information content (AvgIpc) is 3.56. The van der Waals surface area contributed by atoms with Crippen LogP contribution in [0.3, 0.4) is 0 Å². The van der Waals surface area contributed by atoms with Crippen LogP contribution in [0.15, 0.2) is 42.5 Å². The number of piperidine rings is 1. The Morgan fingerprint density at radius 3 is 2.48 bits per heavy atom. The summed E-state index contributed by atoms with van der Waals surface area (Å²) in [4.78, 5) is 27.3. The smallest absolute Gasteiger partial charge is 0.254 e. The maximum atomic E-state index is 13.0. The van der Waals surface area contributed by atoms with Crippen molar-refractivity contribution in [1.82, 2.24) is 10.2 Å². The maximum Gasteiger partial charge on any atom is 0.254 e. The van der Waals surface area contributed by atoms with E-state index >= 15 is 0 Å². The second kappa shape index (κ2) is 7.69. The lowest BCUT2D eigenvalue weighted by molar-refractivity contribution is -0.126. The molecule has 27 heavy (non-hydrogen) atoms. The Morgan fingerprint density at radius 1 is 1.04 bits per heavy atom. The first-order chi connectivity index (χ1) is 13.1. The number of likely N-dealkylation sites (tertiary alicyclic amines) is 1. The minimum absolute atomic E-state index is 0.0204. The molecule has 142 valence electrons. The van der Waals surface area contributed by atoms with Crippen molar-refractivity contribution in [3.8, 4) is 0 Å². The highest BCUT2D eigenvalue weighted by Crippen LogP contribution is 2.31. The Hall–Kier alpha value is -2.40. The molecular formula is C22H27N3O2. The third kappa shape index (κ3) is 3.98. The van der Waals surface area contributed by atoms with Gasteiger partial charge in [0.15, 0.2) is 0 Å². The lowest BCUT2D eigenvalue weighted by atomic mass is 9.94. The van der Waals surface area contributed by atoms with E-state index in [1.807, 2.05) is 47.4 Å². The third-order valence-corrected chi connectivity index (χ3v) is 5.91. The summed E-state index contributed by atoms with van der Waals surface area (Å²) in [5, 5.41) is 5.06. The van der Waals surface area contributed by atoms with Crippen LogP contribution in [0, 0.1) is 11.8 Å². The molecule has 1 aliphatic carbocycles. The molecule has 2 aliphatic rings. The average molecular weight is 365 g/mol. The van der Waals surface area contributed by atoms with Crippen LogP contribution in [0.5, 0.6) is 0 Å². The SMILES string of the molecule is NC(CNC(=O)C1CCN(C(=O)c2cccc3ccccc23)CC1)C1CC1. The van der Waals surface area contributed by atoms with E-state index in [-0.39, 0.29) is 23.8 Å². The van der Waals surface area contributed by atoms with Gasteiger partial charge in [0.25, 0.3) is 5.91 Å². The van der Waals surface area contributed by atoms with Crippen molar-refractivity contribution < 1.29 is 9.59 Å². The minimum atomic E-state index is -0.0204. The molecule has 2 aromatic carbocycles. The molecule has 1 aliphatic heterocycles. The van der Waals surface area contributed by atoms with E-state index in [1.54, 1.807) is 0 Å². The summed E-state index contributed by atoms with van der Waals surface area (Å²) in [6, 6.07) is 13.9. The quantitative estimate of drug-likeness (QED) is 0.855. The predicted octanol–water partition coefficient (Wildman–Crippen LogP) is 2.55. The first-order valence-electron chi connectivity index (χ1n) is 9.94. The van der Waals surface area contributed by atoms with E-state index in [4.69, 9.17) is 5.73 Å². The summed E-state index contributed by atoms with van der Waals surface area (Å²) >= 11 is 0. The number of nitrogens with zero attached hydrogens (tertiary/aromatic N) is 1. The second-order valence-electron chi connectivity index (χ2n) is 7.84. The molecule has 1 saturated carbocycles. The van der Waals surface area contributed by atoms with Crippen molar-refractivity contribution in [3.63, 3.8) is 0 Å². The number of carbonyl (C=O) groups is 2. The fourth-order valence-electron chi connectivity index (χ4n) is 3.98. The van der Waals surface area contributed by atoms with E-state index in [1.165, 1.54) is 12.8 Å². The Labute approximate surface area is 159 Å². The van der Waals surface area contributed by atoms with E-state index in [0.29, 0.717) is 38.4 Å². The molecule has 0 spiro atoms. The molecule has 5 nitrogen and oxygen atoms in total. The number of amides is 2. The van der Waals surface area contributed by atoms with E-state index in [9.17, 15) is 9.59 Å². The lowest BCUT2D eigenvalue weighted by Crippen LogP contribution is -2.45. The van der Waals surface area contributed by atoms with Gasteiger partial charge in [-0.1, -0.05) is 36.4 Å². The molecule has 0 radical (unpaired) electrons. The third-order valence-electron chi connectivity index (χ3n) is 5.91. The lowest BCUT2D eigenvalue weighted by Gasteiger charge is -2.32. The monoisotopic (exact) mass is 365 g/mol. The maximum absolute atomic E-state index is 13.0. The van der Waals surface area contributed by atoms with Crippen LogP contribution in [0.4, 0.5) is 0 Å². The van der Waals surface area contributed by atoms with Crippen molar-refractivity contribution in [2.45, 2.75) is 31.7 Å². The number of hydrogen-bond donors (Lipinski definition) is 2. The fourth-order valence-corrected chi connectivity index (χ4v) is 3.98. The van der Waals surface area contributed by atoms with Crippen molar-refractivity contribution in [1.29, 1.82) is 0 Å². The topological polar surface area (TPSA) is 75.4 Å². The molecule has 4 rings (SSSR count). The van der Waals surface area contributed by atoms with E-state index in [0.717, 1.165) is 16.3 Å². The van der Waals surface area contributed by atoms with Crippen LogP contribution in [0.2, 0.25) is 0 Å². The van der Waals surface area contributed by atoms with Crippen LogP contribution in [0.25, 0.3) is 10.8 Å². The molecule has 2 aromatic rings. The van der Waals surface area contributed by atoms with Gasteiger partial charge in [0.2, 0.25) is 5.91 Å². The zero-order chi connectivity index (χ0) is 18.8. The highest BCUT2D eigenvalue weighted by Gasteiger charge is 2.31. The molecule has 2 amide bonds. The van der Waals surface area contributed by atoms with Gasteiger partial charge in [-0.3, -0.25) is 9.59 Å². The normalized spacial score (nSPS) is 19.1. The van der Waals surface area contributed by atoms with Gasteiger partial charge in [-0.2, -0.15) is 0 Å². The molecule has 1 saturated heterocycles. The highest BCUT2D eigenvalue weighted by atomic mass is 16.2. The summed E-state index contributed by atoms with van der Waals surface area (Å²) in [6.45, 7) is 1.81. The standard InChI is InChI=1S/C22H27N3O2/c23-20(16-8-9-16)14-24-21(26)17-10-12-25(13-11-17)22(27)19-7-3-5-15-4-1-2-6-18(15)19/h1-7,16-17,20H,8-14,23H2,(H,24,26). The Morgan fingerprint density at radius 2 is 1.74 bits per heavy atom. The predicted molar refractivity (Wildman–Crippen MR) is 106 cm³/mol. The number of benzene rings is 2. The van der Waals surface area contributed by atoms with Gasteiger partial charge in [-0.25, -0.2) is 0 Å². The van der Waals surface area contributed by atoms with E-state index in [2.05, 4.69) is 5.32 Å². The molecular weight excluding hydrogens is 338 g/mol. The molecule has 1 unspecified atom stereocenters. The van der Waals surface area contributed by atoms with Gasteiger partial charge in [0, 0.05) is 37.2 Å². The summed E-state index contributed by atoms with van der Waals surface area (Å²) in [5.74, 6) is 0.711. The number of rotatable bonds is 5. The fraction of sp³-hybridized carbons (Fsp3) is 0.455. The number of hydrogen-bond acceptors (Lipinski definition) is 3. The van der Waals surface area contributed by atoms with Crippen molar-refractivity contribution in [3.05, 3.63) is 48.0 Å². The first kappa shape index (κ1) is 18.0. The van der Waals surface area contributed by atoms with Gasteiger partial charge >= 0.3 is 0 Å². The Bertz CT molecular complexity index is 833. The van der Waals surface area contributed by atoms with Gasteiger partial charge in [-0.05, 0) is 48.4 Å². The van der Waals surface area contributed by atoms with Crippen molar-refractivity contribution in [2.75, 3.05) is 19.6 Å². The van der Waals surface area contributed by atoms with Crippen LogP contribution in [0.1, 0.15) is 36.0 Å². The van der Waals surface area contributed by atoms with Gasteiger partial charge in [-0.15, -0.1) is 0 Å². The Balaban J connectivity index is 1.34. The summed E-state index contributed by atoms with van der Waals surface area (Å²) in [5.41, 5.74) is 6.80. The summed E-state index contributed by atoms with van der Waals surface area (Å²) < 4.78 is 0. The minimum Gasteiger partial charge on any atom is -0.354 e. The molecule has 0 bridgehead atoms. The summed E-state index contributed by atoms with van der Waals surface area (Å²) in [7, 11) is 0. The van der Waals surface area contributed by atoms with Crippen molar-refractivity contribution in [2.24, 2.45) is 17.6 Å². The molecule has 0 aromatic heterocycles. The first-order valence-corrected chi connectivity index (χ1v) is 9.94. The summed E-state index contributed by atoms with van der Waals surface area (Å²) in [6.07, 6.45) is 3.79. The largest absolute Gasteiger partial charge is 0.354 e.